The van der Waals surface area contributed by atoms with Crippen molar-refractivity contribution in [3.8, 4) is 28.7 Å². The van der Waals surface area contributed by atoms with Gasteiger partial charge in [-0.2, -0.15) is 0 Å². The minimum Gasteiger partial charge on any atom is -0.457 e. The smallest absolute Gasteiger partial charge is 0.240 e. The van der Waals surface area contributed by atoms with Crippen molar-refractivity contribution in [2.75, 3.05) is 0 Å². The van der Waals surface area contributed by atoms with Gasteiger partial charge in [-0.3, -0.25) is 0 Å². The number of hydrogen-bond donors (Lipinski definition) is 0. The van der Waals surface area contributed by atoms with Gasteiger partial charge in [0.2, 0.25) is 11.1 Å². The first-order valence-electron chi connectivity index (χ1n) is 9.84. The predicted molar refractivity (Wildman–Crippen MR) is 122 cm³/mol. The van der Waals surface area contributed by atoms with Crippen molar-refractivity contribution in [1.29, 1.82) is 0 Å². The summed E-state index contributed by atoms with van der Waals surface area (Å²) in [5.74, 6) is 3.36. The summed E-state index contributed by atoms with van der Waals surface area (Å²) < 4.78 is 29.7. The van der Waals surface area contributed by atoms with Crippen molar-refractivity contribution in [1.82, 2.24) is 0 Å². The molecule has 0 aromatic heterocycles. The van der Waals surface area contributed by atoms with Crippen LogP contribution in [0.25, 0.3) is 0 Å². The molecule has 1 atom stereocenters. The zero-order valence-corrected chi connectivity index (χ0v) is 18.1. The molecule has 4 aromatic rings. The molecule has 1 unspecified atom stereocenters. The Bertz CT molecular complexity index is 1150. The van der Waals surface area contributed by atoms with E-state index in [1.54, 1.807) is 48.5 Å². The fourth-order valence-corrected chi connectivity index (χ4v) is 3.54. The summed E-state index contributed by atoms with van der Waals surface area (Å²) in [6.07, 6.45) is 0. The highest BCUT2D eigenvalue weighted by Crippen LogP contribution is 2.26. The molecule has 0 amide bonds. The van der Waals surface area contributed by atoms with Crippen LogP contribution in [0.2, 0.25) is 0 Å². The lowest BCUT2D eigenvalue weighted by molar-refractivity contribution is 0.480. The molecule has 0 heterocycles. The van der Waals surface area contributed by atoms with E-state index < -0.39 is 11.1 Å². The molecule has 0 aliphatic rings. The Labute approximate surface area is 184 Å². The maximum Gasteiger partial charge on any atom is 0.240 e. The van der Waals surface area contributed by atoms with Crippen LogP contribution < -0.4 is 13.7 Å². The molecular weight excluding hydrogens is 408 g/mol. The van der Waals surface area contributed by atoms with E-state index in [1.807, 2.05) is 62.4 Å². The van der Waals surface area contributed by atoms with Gasteiger partial charge < -0.3 is 13.7 Å². The quantitative estimate of drug-likeness (QED) is 0.317. The van der Waals surface area contributed by atoms with E-state index in [4.69, 9.17) is 13.7 Å². The maximum atomic E-state index is 12.5. The number of hydrogen-bond acceptors (Lipinski definition) is 4. The van der Waals surface area contributed by atoms with Crippen LogP contribution in [0.3, 0.4) is 0 Å². The summed E-state index contributed by atoms with van der Waals surface area (Å²) in [6.45, 7) is 4.05. The van der Waals surface area contributed by atoms with Gasteiger partial charge in [0, 0.05) is 0 Å². The molecule has 4 rings (SSSR count). The largest absolute Gasteiger partial charge is 0.457 e. The average molecular weight is 431 g/mol. The van der Waals surface area contributed by atoms with Gasteiger partial charge >= 0.3 is 0 Å². The van der Waals surface area contributed by atoms with Crippen molar-refractivity contribution < 1.29 is 17.9 Å². The third kappa shape index (κ3) is 5.74. The van der Waals surface area contributed by atoms with E-state index in [-0.39, 0.29) is 0 Å². The van der Waals surface area contributed by atoms with E-state index in [1.165, 1.54) is 11.1 Å². The molecule has 0 radical (unpaired) electrons. The second-order valence-electron chi connectivity index (χ2n) is 7.09. The lowest BCUT2D eigenvalue weighted by Crippen LogP contribution is -2.01. The third-order valence-electron chi connectivity index (χ3n) is 4.53. The highest BCUT2D eigenvalue weighted by Gasteiger charge is 2.08. The fourth-order valence-electron chi connectivity index (χ4n) is 2.80. The predicted octanol–water partition coefficient (Wildman–Crippen LogP) is 6.99. The van der Waals surface area contributed by atoms with Crippen molar-refractivity contribution in [3.63, 3.8) is 0 Å². The Morgan fingerprint density at radius 1 is 0.484 bits per heavy atom. The van der Waals surface area contributed by atoms with Gasteiger partial charge in [-0.05, 0) is 86.6 Å². The van der Waals surface area contributed by atoms with E-state index in [2.05, 4.69) is 0 Å². The normalized spacial score (nSPS) is 11.5. The Kier molecular flexibility index (Phi) is 6.34. The van der Waals surface area contributed by atoms with Gasteiger partial charge in [-0.1, -0.05) is 35.4 Å². The van der Waals surface area contributed by atoms with Gasteiger partial charge in [-0.25, -0.2) is 4.21 Å². The number of benzene rings is 4. The van der Waals surface area contributed by atoms with Crippen molar-refractivity contribution >= 4 is 11.1 Å². The zero-order valence-electron chi connectivity index (χ0n) is 17.3. The van der Waals surface area contributed by atoms with E-state index in [0.717, 1.165) is 11.5 Å². The van der Waals surface area contributed by atoms with Crippen molar-refractivity contribution in [2.24, 2.45) is 0 Å². The molecule has 4 aromatic carbocycles. The van der Waals surface area contributed by atoms with Gasteiger partial charge in [0.15, 0.2) is 0 Å². The summed E-state index contributed by atoms with van der Waals surface area (Å²) in [5.41, 5.74) is 2.35. The second-order valence-corrected chi connectivity index (χ2v) is 8.20. The van der Waals surface area contributed by atoms with Gasteiger partial charge in [0.1, 0.15) is 28.7 Å². The van der Waals surface area contributed by atoms with Gasteiger partial charge in [-0.15, -0.1) is 0 Å². The molecule has 0 saturated carbocycles. The van der Waals surface area contributed by atoms with Crippen molar-refractivity contribution in [3.05, 3.63) is 108 Å². The summed E-state index contributed by atoms with van der Waals surface area (Å²) >= 11 is -1.64. The molecular formula is C26H22O4S. The number of rotatable bonds is 7. The van der Waals surface area contributed by atoms with E-state index in [0.29, 0.717) is 22.1 Å². The molecule has 5 heteroatoms. The standard InChI is InChI=1S/C26H22O4S/c1-19-3-7-21(8-4-19)28-23-11-13-25(14-12-23)30-31(27)26-17-15-24(16-18-26)29-22-9-5-20(2)6-10-22/h3-18H,1-2H3. The molecule has 0 fully saturated rings. The van der Waals surface area contributed by atoms with Gasteiger partial charge in [0.25, 0.3) is 0 Å². The maximum absolute atomic E-state index is 12.5. The molecule has 0 bridgehead atoms. The van der Waals surface area contributed by atoms with Crippen LogP contribution in [0.5, 0.6) is 28.7 Å². The highest BCUT2D eigenvalue weighted by molar-refractivity contribution is 7.80. The monoisotopic (exact) mass is 430 g/mol. The first-order chi connectivity index (χ1) is 15.0. The first kappa shape index (κ1) is 20.7. The molecule has 0 aliphatic carbocycles. The minimum atomic E-state index is -1.64. The summed E-state index contributed by atoms with van der Waals surface area (Å²) in [7, 11) is 0. The Hall–Kier alpha value is -3.57. The zero-order chi connectivity index (χ0) is 21.6. The van der Waals surface area contributed by atoms with Crippen LogP contribution >= 0.6 is 0 Å². The average Bonchev–Trinajstić information content (AvgIpc) is 2.79. The molecule has 0 N–H and O–H groups in total. The topological polar surface area (TPSA) is 44.8 Å². The Morgan fingerprint density at radius 3 is 1.23 bits per heavy atom. The fraction of sp³-hybridized carbons (Fsp3) is 0.0769. The second kappa shape index (κ2) is 9.49. The number of aryl methyl sites for hydroxylation is 2. The van der Waals surface area contributed by atoms with Gasteiger partial charge in [0.05, 0.1) is 4.90 Å². The third-order valence-corrected chi connectivity index (χ3v) is 5.53. The van der Waals surface area contributed by atoms with E-state index >= 15 is 0 Å². The molecule has 0 aliphatic heterocycles. The Morgan fingerprint density at radius 2 is 0.806 bits per heavy atom. The van der Waals surface area contributed by atoms with Crippen LogP contribution in [0.15, 0.2) is 102 Å². The van der Waals surface area contributed by atoms with Crippen LogP contribution in [0.1, 0.15) is 11.1 Å². The SMILES string of the molecule is Cc1ccc(Oc2ccc(OS(=O)c3ccc(Oc4ccc(C)cc4)cc3)cc2)cc1. The number of ether oxygens (including phenoxy) is 2. The summed E-state index contributed by atoms with van der Waals surface area (Å²) in [5, 5.41) is 0. The first-order valence-corrected chi connectivity index (χ1v) is 10.9. The summed E-state index contributed by atoms with van der Waals surface area (Å²) in [4.78, 5) is 0.552. The van der Waals surface area contributed by atoms with E-state index in [9.17, 15) is 4.21 Å². The van der Waals surface area contributed by atoms with Crippen LogP contribution in [0.4, 0.5) is 0 Å². The molecule has 0 saturated heterocycles. The molecule has 0 spiro atoms. The molecule has 31 heavy (non-hydrogen) atoms. The van der Waals surface area contributed by atoms with Crippen molar-refractivity contribution in [2.45, 2.75) is 18.7 Å². The van der Waals surface area contributed by atoms with Crippen LogP contribution in [0, 0.1) is 13.8 Å². The van der Waals surface area contributed by atoms with Crippen LogP contribution in [-0.4, -0.2) is 4.21 Å². The highest BCUT2D eigenvalue weighted by atomic mass is 32.2. The molecule has 156 valence electrons. The Balaban J connectivity index is 1.35. The lowest BCUT2D eigenvalue weighted by Gasteiger charge is -2.09. The lowest BCUT2D eigenvalue weighted by atomic mass is 10.2. The summed E-state index contributed by atoms with van der Waals surface area (Å²) in [6, 6.07) is 29.7. The molecule has 4 nitrogen and oxygen atoms in total. The minimum absolute atomic E-state index is 0.495. The van der Waals surface area contributed by atoms with Crippen LogP contribution in [-0.2, 0) is 11.1 Å².